The fourth-order valence-electron chi connectivity index (χ4n) is 1.33. The predicted molar refractivity (Wildman–Crippen MR) is 65.7 cm³/mol. The number of sulfone groups is 1. The van der Waals surface area contributed by atoms with Gasteiger partial charge in [0.05, 0.1) is 15.1 Å². The number of rotatable bonds is 2. The molecule has 1 aromatic heterocycles. The van der Waals surface area contributed by atoms with Crippen LogP contribution in [0.25, 0.3) is 10.2 Å². The van der Waals surface area contributed by atoms with Crippen LogP contribution in [0.1, 0.15) is 5.01 Å². The van der Waals surface area contributed by atoms with Crippen molar-refractivity contribution in [3.63, 3.8) is 0 Å². The molecule has 3 nitrogen and oxygen atoms in total. The minimum Gasteiger partial charge on any atom is -0.232 e. The fraction of sp³-hybridized carbons (Fsp3) is 0.222. The van der Waals surface area contributed by atoms with Crippen molar-refractivity contribution in [3.05, 3.63) is 23.2 Å². The monoisotopic (exact) mass is 395 g/mol. The minimum atomic E-state index is -5.03. The first-order chi connectivity index (χ1) is 8.93. The minimum absolute atomic E-state index is 0.0502. The standard InChI is InChI=1S/C9H3BrF5NO2S2/c10-9(14,15)20(17,18)4-1-2-6-5(3-4)16-7(19-6)8(11,12)13/h1-3H. The van der Waals surface area contributed by atoms with Crippen LogP contribution >= 0.6 is 27.3 Å². The van der Waals surface area contributed by atoms with Gasteiger partial charge in [-0.05, 0) is 18.2 Å². The van der Waals surface area contributed by atoms with Gasteiger partial charge in [-0.25, -0.2) is 13.4 Å². The smallest absolute Gasteiger partial charge is 0.232 e. The molecule has 0 saturated carbocycles. The molecule has 0 radical (unpaired) electrons. The Hall–Kier alpha value is -0.810. The number of nitrogens with zero attached hydrogens (tertiary/aromatic N) is 1. The molecule has 20 heavy (non-hydrogen) atoms. The van der Waals surface area contributed by atoms with E-state index >= 15 is 0 Å². The maximum absolute atomic E-state index is 12.9. The Morgan fingerprint density at radius 3 is 2.25 bits per heavy atom. The third kappa shape index (κ3) is 2.66. The van der Waals surface area contributed by atoms with Gasteiger partial charge < -0.3 is 0 Å². The van der Waals surface area contributed by atoms with Crippen LogP contribution in [-0.2, 0) is 16.0 Å². The number of benzene rings is 1. The van der Waals surface area contributed by atoms with E-state index < -0.39 is 30.1 Å². The van der Waals surface area contributed by atoms with E-state index in [1.807, 2.05) is 0 Å². The lowest BCUT2D eigenvalue weighted by molar-refractivity contribution is -0.137. The zero-order valence-corrected chi connectivity index (χ0v) is 12.3. The maximum Gasteiger partial charge on any atom is 0.443 e. The highest BCUT2D eigenvalue weighted by Gasteiger charge is 2.43. The molecule has 2 aromatic rings. The van der Waals surface area contributed by atoms with Crippen molar-refractivity contribution in [2.24, 2.45) is 0 Å². The largest absolute Gasteiger partial charge is 0.443 e. The Morgan fingerprint density at radius 2 is 1.75 bits per heavy atom. The summed E-state index contributed by atoms with van der Waals surface area (Å²) in [5.74, 6) is 0. The van der Waals surface area contributed by atoms with Gasteiger partial charge in [0.15, 0.2) is 5.01 Å². The van der Waals surface area contributed by atoms with Crippen LogP contribution in [0.15, 0.2) is 23.1 Å². The van der Waals surface area contributed by atoms with Gasteiger partial charge in [-0.2, -0.15) is 22.0 Å². The summed E-state index contributed by atoms with van der Waals surface area (Å²) < 4.78 is 81.9. The second-order valence-corrected chi connectivity index (χ2v) is 8.14. The molecule has 11 heteroatoms. The molecule has 0 fully saturated rings. The second kappa shape index (κ2) is 4.60. The topological polar surface area (TPSA) is 47.0 Å². The van der Waals surface area contributed by atoms with Crippen molar-refractivity contribution in [1.82, 2.24) is 4.98 Å². The Morgan fingerprint density at radius 1 is 1.15 bits per heavy atom. The van der Waals surface area contributed by atoms with Crippen molar-refractivity contribution in [2.75, 3.05) is 0 Å². The molecule has 0 saturated heterocycles. The Bertz CT molecular complexity index is 763. The number of hydrogen-bond donors (Lipinski definition) is 0. The van der Waals surface area contributed by atoms with E-state index in [2.05, 4.69) is 4.98 Å². The summed E-state index contributed by atoms with van der Waals surface area (Å²) in [5, 5.41) is -1.17. The Kier molecular flexibility index (Phi) is 3.58. The van der Waals surface area contributed by atoms with Crippen LogP contribution in [0.2, 0.25) is 0 Å². The summed E-state index contributed by atoms with van der Waals surface area (Å²) in [6, 6.07) is 2.50. The number of halogens is 6. The highest BCUT2D eigenvalue weighted by molar-refractivity contribution is 9.11. The molecule has 2 rings (SSSR count). The highest BCUT2D eigenvalue weighted by atomic mass is 79.9. The van der Waals surface area contributed by atoms with Crippen molar-refractivity contribution in [2.45, 2.75) is 15.2 Å². The van der Waals surface area contributed by atoms with E-state index in [0.29, 0.717) is 17.4 Å². The molecule has 0 aliphatic rings. The van der Waals surface area contributed by atoms with Gasteiger partial charge >= 0.3 is 10.3 Å². The number of alkyl halides is 6. The number of fused-ring (bicyclic) bond motifs is 1. The fourth-order valence-corrected chi connectivity index (χ4v) is 3.48. The van der Waals surface area contributed by atoms with Gasteiger partial charge in [0.2, 0.25) is 0 Å². The molecule has 0 N–H and O–H groups in total. The van der Waals surface area contributed by atoms with Crippen molar-refractivity contribution < 1.29 is 30.4 Å². The molecule has 110 valence electrons. The third-order valence-electron chi connectivity index (χ3n) is 2.22. The lowest BCUT2D eigenvalue weighted by Gasteiger charge is -2.09. The van der Waals surface area contributed by atoms with E-state index in [4.69, 9.17) is 0 Å². The zero-order valence-electron chi connectivity index (χ0n) is 9.08. The summed E-state index contributed by atoms with van der Waals surface area (Å²) in [6.45, 7) is 0. The van der Waals surface area contributed by atoms with Crippen LogP contribution < -0.4 is 0 Å². The Balaban J connectivity index is 2.61. The normalized spacial score (nSPS) is 13.9. The van der Waals surface area contributed by atoms with E-state index in [1.54, 1.807) is 15.9 Å². The average Bonchev–Trinajstić information content (AvgIpc) is 2.69. The summed E-state index contributed by atoms with van der Waals surface area (Å²) in [5.41, 5.74) is -0.305. The van der Waals surface area contributed by atoms with Gasteiger partial charge in [0.1, 0.15) is 0 Å². The van der Waals surface area contributed by atoms with Crippen LogP contribution in [0.4, 0.5) is 22.0 Å². The quantitative estimate of drug-likeness (QED) is 0.569. The van der Waals surface area contributed by atoms with Crippen LogP contribution in [0.5, 0.6) is 0 Å². The number of hydrogen-bond acceptors (Lipinski definition) is 4. The summed E-state index contributed by atoms with van der Waals surface area (Å²) >= 11 is 2.02. The molecule has 0 aliphatic carbocycles. The van der Waals surface area contributed by atoms with Crippen molar-refractivity contribution >= 4 is 47.3 Å². The maximum atomic E-state index is 12.9. The Labute approximate surface area is 121 Å². The predicted octanol–water partition coefficient (Wildman–Crippen LogP) is 4.03. The molecule has 0 bridgehead atoms. The molecular weight excluding hydrogens is 393 g/mol. The van der Waals surface area contributed by atoms with Crippen molar-refractivity contribution in [3.8, 4) is 0 Å². The lowest BCUT2D eigenvalue weighted by Crippen LogP contribution is -2.21. The van der Waals surface area contributed by atoms with Crippen LogP contribution in [-0.4, -0.2) is 17.6 Å². The van der Waals surface area contributed by atoms with E-state index in [0.717, 1.165) is 12.1 Å². The molecule has 0 unspecified atom stereocenters. The molecular formula is C9H3BrF5NO2S2. The van der Waals surface area contributed by atoms with Crippen LogP contribution in [0.3, 0.4) is 0 Å². The molecule has 0 spiro atoms. The molecule has 1 aromatic carbocycles. The number of aromatic nitrogens is 1. The zero-order chi connectivity index (χ0) is 15.3. The van der Waals surface area contributed by atoms with Crippen molar-refractivity contribution in [1.29, 1.82) is 0 Å². The average molecular weight is 396 g/mol. The van der Waals surface area contributed by atoms with E-state index in [1.165, 1.54) is 0 Å². The third-order valence-corrected chi connectivity index (χ3v) is 6.06. The first kappa shape index (κ1) is 15.6. The van der Waals surface area contributed by atoms with Gasteiger partial charge in [-0.1, -0.05) is 0 Å². The highest BCUT2D eigenvalue weighted by Crippen LogP contribution is 2.38. The SMILES string of the molecule is O=S(=O)(c1ccc2sc(C(F)(F)F)nc2c1)C(F)(F)Br. The first-order valence-corrected chi connectivity index (χ1v) is 7.81. The lowest BCUT2D eigenvalue weighted by atomic mass is 10.3. The molecule has 0 aliphatic heterocycles. The summed E-state index contributed by atoms with van der Waals surface area (Å²) in [4.78, 5) is 2.40. The van der Waals surface area contributed by atoms with E-state index in [-0.39, 0.29) is 10.2 Å². The summed E-state index contributed by atoms with van der Waals surface area (Å²) in [6.07, 6.45) is -4.68. The van der Waals surface area contributed by atoms with Gasteiger partial charge in [0, 0.05) is 15.9 Å². The molecule has 0 atom stereocenters. The summed E-state index contributed by atoms with van der Waals surface area (Å²) in [7, 11) is -5.03. The second-order valence-electron chi connectivity index (χ2n) is 3.60. The van der Waals surface area contributed by atoms with Gasteiger partial charge in [-0.15, -0.1) is 11.3 Å². The first-order valence-electron chi connectivity index (χ1n) is 4.72. The van der Waals surface area contributed by atoms with E-state index in [9.17, 15) is 30.4 Å². The van der Waals surface area contributed by atoms with Gasteiger partial charge in [-0.3, -0.25) is 0 Å². The number of thiazole rings is 1. The van der Waals surface area contributed by atoms with Crippen LogP contribution in [0, 0.1) is 0 Å². The van der Waals surface area contributed by atoms with Gasteiger partial charge in [0.25, 0.3) is 9.84 Å². The molecule has 0 amide bonds. The molecule has 1 heterocycles.